The van der Waals surface area contributed by atoms with Crippen molar-refractivity contribution in [1.29, 1.82) is 0 Å². The average molecular weight is 307 g/mol. The molecule has 0 aliphatic carbocycles. The fraction of sp³-hybridized carbons (Fsp3) is 0.0588. The Kier molecular flexibility index (Phi) is 2.21. The minimum atomic E-state index is -0.284. The van der Waals surface area contributed by atoms with Crippen LogP contribution < -0.4 is 14.2 Å². The highest BCUT2D eigenvalue weighted by Gasteiger charge is 2.30. The Morgan fingerprint density at radius 1 is 1.04 bits per heavy atom. The highest BCUT2D eigenvalue weighted by Crippen LogP contribution is 2.47. The van der Waals surface area contributed by atoms with Crippen LogP contribution in [0.1, 0.15) is 16.1 Å². The molecule has 0 unspecified atom stereocenters. The molecule has 112 valence electrons. The third kappa shape index (κ3) is 1.57. The minimum absolute atomic E-state index is 0.0509. The topological polar surface area (TPSA) is 77.9 Å². The van der Waals surface area contributed by atoms with Crippen molar-refractivity contribution < 1.29 is 24.1 Å². The molecular weight excluding hydrogens is 298 g/mol. The molecule has 5 rings (SSSR count). The number of carbonyl (C=O) groups excluding carboxylic acids is 1. The zero-order valence-corrected chi connectivity index (χ0v) is 11.7. The molecule has 6 heteroatoms. The maximum absolute atomic E-state index is 12.9. The Bertz CT molecular complexity index is 1010. The van der Waals surface area contributed by atoms with Crippen LogP contribution in [-0.4, -0.2) is 22.7 Å². The molecule has 0 radical (unpaired) electrons. The van der Waals surface area contributed by atoms with Gasteiger partial charge >= 0.3 is 0 Å². The van der Waals surface area contributed by atoms with Gasteiger partial charge in [0, 0.05) is 12.3 Å². The number of phenolic OH excluding ortho intramolecular Hbond substituents is 1. The van der Waals surface area contributed by atoms with Crippen molar-refractivity contribution in [2.75, 3.05) is 6.79 Å². The van der Waals surface area contributed by atoms with Crippen LogP contribution in [0.3, 0.4) is 0 Å². The normalized spacial score (nSPS) is 14.3. The van der Waals surface area contributed by atoms with E-state index in [2.05, 4.69) is 4.98 Å². The van der Waals surface area contributed by atoms with Gasteiger partial charge in [0.15, 0.2) is 23.0 Å². The maximum Gasteiger partial charge on any atom is 0.231 e. The highest BCUT2D eigenvalue weighted by atomic mass is 16.7. The standard InChI is InChI=1S/C17H9NO5/c19-10-2-1-8-3-4-18-15-14(8)17(10)23-11-6-13-12(21-7-22-13)5-9(11)16(15)20/h1-6,19H,7H2. The van der Waals surface area contributed by atoms with Gasteiger partial charge in [-0.25, -0.2) is 0 Å². The predicted octanol–water partition coefficient (Wildman–Crippen LogP) is 3.01. The Labute approximate surface area is 129 Å². The first-order valence-electron chi connectivity index (χ1n) is 6.99. The molecule has 2 aliphatic rings. The number of aromatic nitrogens is 1. The number of ketones is 1. The third-order valence-corrected chi connectivity index (χ3v) is 4.01. The summed E-state index contributed by atoms with van der Waals surface area (Å²) in [4.78, 5) is 17.1. The molecule has 0 spiro atoms. The summed E-state index contributed by atoms with van der Waals surface area (Å²) in [5, 5.41) is 11.4. The van der Waals surface area contributed by atoms with E-state index in [1.807, 2.05) is 0 Å². The number of pyridine rings is 1. The minimum Gasteiger partial charge on any atom is -0.504 e. The van der Waals surface area contributed by atoms with Crippen LogP contribution in [0.4, 0.5) is 0 Å². The molecule has 2 aromatic carbocycles. The molecule has 2 aliphatic heterocycles. The van der Waals surface area contributed by atoms with Gasteiger partial charge in [-0.05, 0) is 23.6 Å². The largest absolute Gasteiger partial charge is 0.504 e. The predicted molar refractivity (Wildman–Crippen MR) is 79.5 cm³/mol. The Morgan fingerprint density at radius 2 is 1.87 bits per heavy atom. The summed E-state index contributed by atoms with van der Waals surface area (Å²) >= 11 is 0. The smallest absolute Gasteiger partial charge is 0.231 e. The molecule has 0 saturated heterocycles. The second kappa shape index (κ2) is 4.13. The first-order chi connectivity index (χ1) is 11.2. The molecule has 6 nitrogen and oxygen atoms in total. The van der Waals surface area contributed by atoms with Crippen LogP contribution in [0.2, 0.25) is 0 Å². The lowest BCUT2D eigenvalue weighted by Gasteiger charge is -2.10. The monoisotopic (exact) mass is 307 g/mol. The highest BCUT2D eigenvalue weighted by molar-refractivity contribution is 6.19. The van der Waals surface area contributed by atoms with E-state index < -0.39 is 0 Å². The lowest BCUT2D eigenvalue weighted by Crippen LogP contribution is -2.04. The molecular formula is C17H9NO5. The zero-order chi connectivity index (χ0) is 15.6. The summed E-state index contributed by atoms with van der Waals surface area (Å²) < 4.78 is 16.5. The number of rotatable bonds is 0. The van der Waals surface area contributed by atoms with E-state index in [9.17, 15) is 9.90 Å². The Morgan fingerprint density at radius 3 is 2.74 bits per heavy atom. The molecule has 0 fully saturated rings. The lowest BCUT2D eigenvalue weighted by atomic mass is 10.0. The molecule has 23 heavy (non-hydrogen) atoms. The van der Waals surface area contributed by atoms with Gasteiger partial charge in [0.1, 0.15) is 11.4 Å². The molecule has 3 heterocycles. The van der Waals surface area contributed by atoms with Crippen LogP contribution >= 0.6 is 0 Å². The van der Waals surface area contributed by atoms with Crippen molar-refractivity contribution in [1.82, 2.24) is 4.98 Å². The number of nitrogens with zero attached hydrogens (tertiary/aromatic N) is 1. The van der Waals surface area contributed by atoms with Crippen LogP contribution in [0.5, 0.6) is 28.7 Å². The van der Waals surface area contributed by atoms with Crippen molar-refractivity contribution in [2.24, 2.45) is 0 Å². The number of aromatic hydroxyl groups is 1. The second-order valence-corrected chi connectivity index (χ2v) is 5.30. The summed E-state index contributed by atoms with van der Waals surface area (Å²) in [7, 11) is 0. The number of carbonyl (C=O) groups is 1. The Hall–Kier alpha value is -3.28. The van der Waals surface area contributed by atoms with Gasteiger partial charge in [-0.3, -0.25) is 9.78 Å². The number of phenols is 1. The van der Waals surface area contributed by atoms with Crippen LogP contribution in [0, 0.1) is 0 Å². The first-order valence-corrected chi connectivity index (χ1v) is 6.99. The van der Waals surface area contributed by atoms with Gasteiger partial charge in [-0.1, -0.05) is 6.07 Å². The van der Waals surface area contributed by atoms with E-state index in [-0.39, 0.29) is 29.8 Å². The SMILES string of the molecule is O=C1c2cc3c(cc2Oc2c(O)ccc4ccnc1c24)OCO3. The Balaban J connectivity index is 1.88. The van der Waals surface area contributed by atoms with E-state index >= 15 is 0 Å². The average Bonchev–Trinajstić information content (AvgIpc) is 2.98. The van der Waals surface area contributed by atoms with Crippen LogP contribution in [0.25, 0.3) is 10.8 Å². The quantitative estimate of drug-likeness (QED) is 0.538. The van der Waals surface area contributed by atoms with Crippen molar-refractivity contribution in [3.05, 3.63) is 47.8 Å². The van der Waals surface area contributed by atoms with Gasteiger partial charge in [-0.2, -0.15) is 0 Å². The van der Waals surface area contributed by atoms with Crippen LogP contribution in [0.15, 0.2) is 36.5 Å². The van der Waals surface area contributed by atoms with Gasteiger partial charge < -0.3 is 19.3 Å². The zero-order valence-electron chi connectivity index (χ0n) is 11.7. The summed E-state index contributed by atoms with van der Waals surface area (Å²) in [6.07, 6.45) is 1.56. The molecule has 1 N–H and O–H groups in total. The van der Waals surface area contributed by atoms with Gasteiger partial charge in [0.05, 0.1) is 10.9 Å². The van der Waals surface area contributed by atoms with Crippen molar-refractivity contribution in [3.8, 4) is 28.7 Å². The van der Waals surface area contributed by atoms with Crippen molar-refractivity contribution in [2.45, 2.75) is 0 Å². The van der Waals surface area contributed by atoms with Crippen LogP contribution in [-0.2, 0) is 0 Å². The van der Waals surface area contributed by atoms with E-state index in [1.54, 1.807) is 30.5 Å². The summed E-state index contributed by atoms with van der Waals surface area (Å²) in [6.45, 7) is 0.0993. The number of ether oxygens (including phenoxy) is 3. The molecule has 0 amide bonds. The number of fused-ring (bicyclic) bond motifs is 2. The summed E-state index contributed by atoms with van der Waals surface area (Å²) in [5.41, 5.74) is 0.566. The molecule has 0 bridgehead atoms. The molecule has 1 aromatic heterocycles. The van der Waals surface area contributed by atoms with E-state index in [0.717, 1.165) is 5.39 Å². The van der Waals surface area contributed by atoms with Gasteiger partial charge in [0.25, 0.3) is 0 Å². The molecule has 3 aromatic rings. The van der Waals surface area contributed by atoms with E-state index in [4.69, 9.17) is 14.2 Å². The summed E-state index contributed by atoms with van der Waals surface area (Å²) in [5.74, 6) is 1.18. The number of hydrogen-bond acceptors (Lipinski definition) is 6. The van der Waals surface area contributed by atoms with E-state index in [1.165, 1.54) is 6.07 Å². The molecule has 0 atom stereocenters. The fourth-order valence-electron chi connectivity index (χ4n) is 2.92. The third-order valence-electron chi connectivity index (χ3n) is 4.01. The maximum atomic E-state index is 12.9. The van der Waals surface area contributed by atoms with Gasteiger partial charge in [0.2, 0.25) is 12.6 Å². The van der Waals surface area contributed by atoms with E-state index in [0.29, 0.717) is 28.2 Å². The first kappa shape index (κ1) is 12.3. The van der Waals surface area contributed by atoms with Crippen molar-refractivity contribution in [3.63, 3.8) is 0 Å². The molecule has 0 saturated carbocycles. The second-order valence-electron chi connectivity index (χ2n) is 5.30. The lowest BCUT2D eigenvalue weighted by molar-refractivity contribution is 0.103. The van der Waals surface area contributed by atoms with Gasteiger partial charge in [-0.15, -0.1) is 0 Å². The summed E-state index contributed by atoms with van der Waals surface area (Å²) in [6, 6.07) is 8.20. The number of hydrogen-bond donors (Lipinski definition) is 1. The number of benzene rings is 2. The van der Waals surface area contributed by atoms with Crippen molar-refractivity contribution >= 4 is 16.6 Å². The fourth-order valence-corrected chi connectivity index (χ4v) is 2.92.